The Hall–Kier alpha value is -3.00. The average Bonchev–Trinajstić information content (AvgIpc) is 3.01. The molecule has 7 nitrogen and oxygen atoms in total. The van der Waals surface area contributed by atoms with Crippen LogP contribution in [0.2, 0.25) is 0 Å². The fraction of sp³-hybridized carbons (Fsp3) is 0.211. The van der Waals surface area contributed by atoms with E-state index in [0.29, 0.717) is 28.0 Å². The standard InChI is InChI=1S/C19H19N3O4S/c1-25-13-9-7-12(8-10-13)20-17(23)11-16-18(24)22-19(27-16)21-14-5-3-4-6-15(14)26-2/h3-10,16H,11H2,1-2H3,(H,20,23)(H,21,22,24)/t16-/m1/s1. The minimum atomic E-state index is -0.531. The van der Waals surface area contributed by atoms with Crippen LogP contribution in [0.25, 0.3) is 0 Å². The molecule has 2 aromatic carbocycles. The van der Waals surface area contributed by atoms with E-state index in [9.17, 15) is 9.59 Å². The van der Waals surface area contributed by atoms with Crippen LogP contribution in [0.3, 0.4) is 0 Å². The largest absolute Gasteiger partial charge is 0.497 e. The molecule has 0 saturated carbocycles. The van der Waals surface area contributed by atoms with E-state index < -0.39 is 5.25 Å². The van der Waals surface area contributed by atoms with E-state index in [1.54, 1.807) is 50.6 Å². The Morgan fingerprint density at radius 1 is 1.15 bits per heavy atom. The molecule has 8 heteroatoms. The van der Waals surface area contributed by atoms with Crippen LogP contribution in [0.5, 0.6) is 11.5 Å². The quantitative estimate of drug-likeness (QED) is 0.798. The second-order valence-corrected chi connectivity index (χ2v) is 6.86. The summed E-state index contributed by atoms with van der Waals surface area (Å²) in [6.07, 6.45) is 0.0491. The molecule has 1 aliphatic heterocycles. The van der Waals surface area contributed by atoms with Crippen LogP contribution in [0, 0.1) is 0 Å². The highest BCUT2D eigenvalue weighted by molar-refractivity contribution is 8.15. The first-order valence-corrected chi connectivity index (χ1v) is 9.10. The summed E-state index contributed by atoms with van der Waals surface area (Å²) in [5, 5.41) is 5.41. The molecule has 27 heavy (non-hydrogen) atoms. The summed E-state index contributed by atoms with van der Waals surface area (Å²) in [5.74, 6) is 0.835. The molecule has 0 radical (unpaired) electrons. The van der Waals surface area contributed by atoms with Crippen molar-refractivity contribution in [3.63, 3.8) is 0 Å². The van der Waals surface area contributed by atoms with Crippen molar-refractivity contribution in [3.05, 3.63) is 48.5 Å². The monoisotopic (exact) mass is 385 g/mol. The second-order valence-electron chi connectivity index (χ2n) is 5.67. The van der Waals surface area contributed by atoms with E-state index in [2.05, 4.69) is 15.6 Å². The summed E-state index contributed by atoms with van der Waals surface area (Å²) in [4.78, 5) is 28.8. The topological polar surface area (TPSA) is 89.0 Å². The number of nitrogens with zero attached hydrogens (tertiary/aromatic N) is 1. The average molecular weight is 385 g/mol. The number of hydrogen-bond acceptors (Lipinski definition) is 6. The summed E-state index contributed by atoms with van der Waals surface area (Å²) in [7, 11) is 3.14. The minimum absolute atomic E-state index is 0.0491. The number of anilines is 1. The molecule has 3 rings (SSSR count). The van der Waals surface area contributed by atoms with Gasteiger partial charge in [-0.1, -0.05) is 23.9 Å². The van der Waals surface area contributed by atoms with Crippen molar-refractivity contribution in [1.29, 1.82) is 0 Å². The number of carbonyl (C=O) groups is 2. The third-order valence-electron chi connectivity index (χ3n) is 3.83. The van der Waals surface area contributed by atoms with Crippen molar-refractivity contribution in [2.45, 2.75) is 11.7 Å². The third kappa shape index (κ3) is 4.79. The normalized spacial score (nSPS) is 17.5. The molecule has 1 heterocycles. The van der Waals surface area contributed by atoms with Gasteiger partial charge in [0.1, 0.15) is 22.4 Å². The maximum atomic E-state index is 12.2. The third-order valence-corrected chi connectivity index (χ3v) is 4.91. The molecule has 0 aliphatic carbocycles. The number of para-hydroxylation sites is 2. The lowest BCUT2D eigenvalue weighted by Gasteiger charge is -2.08. The molecule has 1 fully saturated rings. The van der Waals surface area contributed by atoms with Crippen LogP contribution in [0.1, 0.15) is 6.42 Å². The summed E-state index contributed by atoms with van der Waals surface area (Å²) < 4.78 is 10.3. The lowest BCUT2D eigenvalue weighted by Crippen LogP contribution is -2.28. The molecule has 2 N–H and O–H groups in total. The molecule has 1 atom stereocenters. The summed E-state index contributed by atoms with van der Waals surface area (Å²) in [6, 6.07) is 14.3. The lowest BCUT2D eigenvalue weighted by molar-refractivity contribution is -0.122. The molecular formula is C19H19N3O4S. The van der Waals surface area contributed by atoms with Crippen molar-refractivity contribution in [2.75, 3.05) is 19.5 Å². The maximum Gasteiger partial charge on any atom is 0.240 e. The second kappa shape index (κ2) is 8.59. The van der Waals surface area contributed by atoms with Gasteiger partial charge < -0.3 is 20.1 Å². The number of methoxy groups -OCH3 is 2. The molecule has 0 bridgehead atoms. The van der Waals surface area contributed by atoms with Gasteiger partial charge in [0.15, 0.2) is 5.17 Å². The molecule has 2 amide bonds. The zero-order chi connectivity index (χ0) is 19.2. The SMILES string of the molecule is COc1ccc(NC(=O)C[C@H]2SC(=Nc3ccccc3OC)NC2=O)cc1. The fourth-order valence-corrected chi connectivity index (χ4v) is 3.46. The fourth-order valence-electron chi connectivity index (χ4n) is 2.48. The van der Waals surface area contributed by atoms with Gasteiger partial charge in [-0.15, -0.1) is 0 Å². The van der Waals surface area contributed by atoms with Gasteiger partial charge in [0.2, 0.25) is 11.8 Å². The number of hydrogen-bond donors (Lipinski definition) is 2. The first kappa shape index (κ1) is 18.8. The summed E-state index contributed by atoms with van der Waals surface area (Å²) in [5.41, 5.74) is 1.26. The highest BCUT2D eigenvalue weighted by Crippen LogP contribution is 2.30. The Kier molecular flexibility index (Phi) is 5.97. The smallest absolute Gasteiger partial charge is 0.240 e. The Labute approximate surface area is 161 Å². The van der Waals surface area contributed by atoms with Crippen LogP contribution in [-0.4, -0.2) is 36.5 Å². The minimum Gasteiger partial charge on any atom is -0.497 e. The molecule has 1 aliphatic rings. The van der Waals surface area contributed by atoms with E-state index in [1.165, 1.54) is 11.8 Å². The van der Waals surface area contributed by atoms with Crippen molar-refractivity contribution >= 4 is 40.1 Å². The summed E-state index contributed by atoms with van der Waals surface area (Å²) >= 11 is 1.23. The number of amidine groups is 1. The van der Waals surface area contributed by atoms with Gasteiger partial charge in [0.05, 0.1) is 14.2 Å². The number of carbonyl (C=O) groups excluding carboxylic acids is 2. The van der Waals surface area contributed by atoms with Gasteiger partial charge in [0, 0.05) is 12.1 Å². The molecule has 1 saturated heterocycles. The molecule has 140 valence electrons. The molecule has 0 unspecified atom stereocenters. The van der Waals surface area contributed by atoms with Crippen LogP contribution in [0.4, 0.5) is 11.4 Å². The summed E-state index contributed by atoms with van der Waals surface area (Å²) in [6.45, 7) is 0. The number of nitrogens with one attached hydrogen (secondary N) is 2. The van der Waals surface area contributed by atoms with Crippen molar-refractivity contribution in [2.24, 2.45) is 4.99 Å². The number of rotatable bonds is 6. The predicted octanol–water partition coefficient (Wildman–Crippen LogP) is 2.95. The Bertz CT molecular complexity index is 868. The van der Waals surface area contributed by atoms with Gasteiger partial charge >= 0.3 is 0 Å². The van der Waals surface area contributed by atoms with Crippen molar-refractivity contribution < 1.29 is 19.1 Å². The Morgan fingerprint density at radius 3 is 2.59 bits per heavy atom. The van der Waals surface area contributed by atoms with E-state index in [0.717, 1.165) is 0 Å². The number of ether oxygens (including phenoxy) is 2. The van der Waals surface area contributed by atoms with Crippen LogP contribution < -0.4 is 20.1 Å². The van der Waals surface area contributed by atoms with Gasteiger partial charge in [0.25, 0.3) is 0 Å². The molecule has 0 aromatic heterocycles. The zero-order valence-corrected chi connectivity index (χ0v) is 15.7. The first-order chi connectivity index (χ1) is 13.1. The number of benzene rings is 2. The van der Waals surface area contributed by atoms with E-state index >= 15 is 0 Å². The van der Waals surface area contributed by atoms with Crippen LogP contribution in [0.15, 0.2) is 53.5 Å². The predicted molar refractivity (Wildman–Crippen MR) is 106 cm³/mol. The number of thioether (sulfide) groups is 1. The molecular weight excluding hydrogens is 366 g/mol. The van der Waals surface area contributed by atoms with E-state index in [1.807, 2.05) is 12.1 Å². The zero-order valence-electron chi connectivity index (χ0n) is 14.9. The van der Waals surface area contributed by atoms with E-state index in [-0.39, 0.29) is 18.2 Å². The van der Waals surface area contributed by atoms with Crippen molar-refractivity contribution in [3.8, 4) is 11.5 Å². The highest BCUT2D eigenvalue weighted by atomic mass is 32.2. The number of amides is 2. The van der Waals surface area contributed by atoms with Gasteiger partial charge in [-0.25, -0.2) is 4.99 Å². The first-order valence-electron chi connectivity index (χ1n) is 8.22. The van der Waals surface area contributed by atoms with E-state index in [4.69, 9.17) is 9.47 Å². The molecule has 0 spiro atoms. The van der Waals surface area contributed by atoms with Gasteiger partial charge in [-0.05, 0) is 36.4 Å². The van der Waals surface area contributed by atoms with Gasteiger partial charge in [-0.3, -0.25) is 9.59 Å². The number of aliphatic imine (C=N–C) groups is 1. The van der Waals surface area contributed by atoms with Crippen molar-refractivity contribution in [1.82, 2.24) is 5.32 Å². The maximum absolute atomic E-state index is 12.2. The Morgan fingerprint density at radius 2 is 1.89 bits per heavy atom. The Balaban J connectivity index is 1.61. The van der Waals surface area contributed by atoms with Crippen LogP contribution in [-0.2, 0) is 9.59 Å². The van der Waals surface area contributed by atoms with Gasteiger partial charge in [-0.2, -0.15) is 0 Å². The van der Waals surface area contributed by atoms with Crippen LogP contribution >= 0.6 is 11.8 Å². The highest BCUT2D eigenvalue weighted by Gasteiger charge is 2.32. The molecule has 2 aromatic rings. The lowest BCUT2D eigenvalue weighted by atomic mass is 10.2.